The smallest absolute Gasteiger partial charge is 0.222 e. The minimum Gasteiger partial charge on any atom is -0.341 e. The number of nitrogens with zero attached hydrogens (tertiary/aromatic N) is 1. The topological polar surface area (TPSA) is 46.3 Å². The van der Waals surface area contributed by atoms with Crippen LogP contribution >= 0.6 is 0 Å². The molecule has 0 spiro atoms. The molecular weight excluding hydrogens is 212 g/mol. The first-order chi connectivity index (χ1) is 8.27. The fourth-order valence-electron chi connectivity index (χ4n) is 2.73. The SMILES string of the molecule is CCCN(CCN)C(=O)CC1CCCCCC1. The summed E-state index contributed by atoms with van der Waals surface area (Å²) in [5.74, 6) is 0.950. The van der Waals surface area contributed by atoms with E-state index in [1.807, 2.05) is 4.90 Å². The lowest BCUT2D eigenvalue weighted by molar-refractivity contribution is -0.132. The molecule has 17 heavy (non-hydrogen) atoms. The van der Waals surface area contributed by atoms with E-state index in [9.17, 15) is 4.79 Å². The predicted octanol–water partition coefficient (Wildman–Crippen LogP) is 2.54. The van der Waals surface area contributed by atoms with Crippen molar-refractivity contribution in [3.05, 3.63) is 0 Å². The summed E-state index contributed by atoms with van der Waals surface area (Å²) in [5, 5.41) is 0. The van der Waals surface area contributed by atoms with Gasteiger partial charge in [0.15, 0.2) is 0 Å². The predicted molar refractivity (Wildman–Crippen MR) is 71.7 cm³/mol. The van der Waals surface area contributed by atoms with E-state index in [2.05, 4.69) is 6.92 Å². The molecule has 0 aliphatic heterocycles. The average molecular weight is 240 g/mol. The van der Waals surface area contributed by atoms with Gasteiger partial charge in [0.1, 0.15) is 0 Å². The molecule has 1 amide bonds. The lowest BCUT2D eigenvalue weighted by atomic mass is 9.96. The second-order valence-electron chi connectivity index (χ2n) is 5.23. The van der Waals surface area contributed by atoms with E-state index < -0.39 is 0 Å². The third-order valence-corrected chi connectivity index (χ3v) is 3.68. The van der Waals surface area contributed by atoms with Gasteiger partial charge in [0.05, 0.1) is 0 Å². The lowest BCUT2D eigenvalue weighted by Crippen LogP contribution is -2.36. The van der Waals surface area contributed by atoms with Crippen molar-refractivity contribution in [1.29, 1.82) is 0 Å². The third-order valence-electron chi connectivity index (χ3n) is 3.68. The first-order valence-electron chi connectivity index (χ1n) is 7.25. The van der Waals surface area contributed by atoms with E-state index >= 15 is 0 Å². The van der Waals surface area contributed by atoms with Crippen LogP contribution < -0.4 is 5.73 Å². The maximum Gasteiger partial charge on any atom is 0.222 e. The number of hydrogen-bond acceptors (Lipinski definition) is 2. The van der Waals surface area contributed by atoms with Gasteiger partial charge in [-0.3, -0.25) is 4.79 Å². The fraction of sp³-hybridized carbons (Fsp3) is 0.929. The van der Waals surface area contributed by atoms with Crippen LogP contribution in [0.1, 0.15) is 58.3 Å². The van der Waals surface area contributed by atoms with Gasteiger partial charge in [-0.1, -0.05) is 32.6 Å². The maximum absolute atomic E-state index is 12.2. The molecule has 3 nitrogen and oxygen atoms in total. The Hall–Kier alpha value is -0.570. The second kappa shape index (κ2) is 8.51. The molecule has 0 aromatic carbocycles. The van der Waals surface area contributed by atoms with Crippen LogP contribution in [-0.2, 0) is 4.79 Å². The minimum atomic E-state index is 0.323. The van der Waals surface area contributed by atoms with Crippen molar-refractivity contribution >= 4 is 5.91 Å². The Bertz CT molecular complexity index is 204. The van der Waals surface area contributed by atoms with Crippen molar-refractivity contribution in [3.63, 3.8) is 0 Å². The van der Waals surface area contributed by atoms with Crippen molar-refractivity contribution in [2.24, 2.45) is 11.7 Å². The summed E-state index contributed by atoms with van der Waals surface area (Å²) in [4.78, 5) is 14.1. The molecule has 0 aromatic rings. The first-order valence-corrected chi connectivity index (χ1v) is 7.25. The zero-order valence-electron chi connectivity index (χ0n) is 11.3. The van der Waals surface area contributed by atoms with E-state index in [0.29, 0.717) is 18.4 Å². The van der Waals surface area contributed by atoms with E-state index in [1.165, 1.54) is 38.5 Å². The molecule has 0 atom stereocenters. The van der Waals surface area contributed by atoms with E-state index in [-0.39, 0.29) is 0 Å². The summed E-state index contributed by atoms with van der Waals surface area (Å²) in [7, 11) is 0. The Balaban J connectivity index is 2.38. The van der Waals surface area contributed by atoms with Crippen molar-refractivity contribution < 1.29 is 4.79 Å². The van der Waals surface area contributed by atoms with Crippen molar-refractivity contribution in [3.8, 4) is 0 Å². The summed E-state index contributed by atoms with van der Waals surface area (Å²) >= 11 is 0. The zero-order chi connectivity index (χ0) is 12.5. The Kier molecular flexibility index (Phi) is 7.25. The van der Waals surface area contributed by atoms with Crippen LogP contribution in [0.5, 0.6) is 0 Å². The first kappa shape index (κ1) is 14.5. The van der Waals surface area contributed by atoms with Gasteiger partial charge in [-0.15, -0.1) is 0 Å². The van der Waals surface area contributed by atoms with Crippen LogP contribution in [0.25, 0.3) is 0 Å². The summed E-state index contributed by atoms with van der Waals surface area (Å²) in [5.41, 5.74) is 5.56. The quantitative estimate of drug-likeness (QED) is 0.725. The largest absolute Gasteiger partial charge is 0.341 e. The average Bonchev–Trinajstić information content (AvgIpc) is 2.57. The fourth-order valence-corrected chi connectivity index (χ4v) is 2.73. The highest BCUT2D eigenvalue weighted by Crippen LogP contribution is 2.25. The summed E-state index contributed by atoms with van der Waals surface area (Å²) in [6.07, 6.45) is 9.59. The Morgan fingerprint density at radius 1 is 1.18 bits per heavy atom. The molecule has 0 unspecified atom stereocenters. The minimum absolute atomic E-state index is 0.323. The van der Waals surface area contributed by atoms with Crippen LogP contribution in [0, 0.1) is 5.92 Å². The van der Waals surface area contributed by atoms with Crippen LogP contribution in [0.15, 0.2) is 0 Å². The third kappa shape index (κ3) is 5.53. The molecule has 0 saturated heterocycles. The maximum atomic E-state index is 12.2. The highest BCUT2D eigenvalue weighted by atomic mass is 16.2. The van der Waals surface area contributed by atoms with Gasteiger partial charge in [-0.05, 0) is 25.2 Å². The lowest BCUT2D eigenvalue weighted by Gasteiger charge is -2.24. The normalized spacial score (nSPS) is 17.8. The Morgan fingerprint density at radius 3 is 2.35 bits per heavy atom. The highest BCUT2D eigenvalue weighted by Gasteiger charge is 2.19. The molecule has 1 aliphatic carbocycles. The number of carbonyl (C=O) groups is 1. The molecular formula is C14H28N2O. The van der Waals surface area contributed by atoms with Gasteiger partial charge in [0.25, 0.3) is 0 Å². The van der Waals surface area contributed by atoms with Gasteiger partial charge in [0, 0.05) is 26.1 Å². The number of rotatable bonds is 6. The number of carbonyl (C=O) groups excluding carboxylic acids is 1. The van der Waals surface area contributed by atoms with Crippen LogP contribution in [0.3, 0.4) is 0 Å². The molecule has 0 aromatic heterocycles. The molecule has 100 valence electrons. The monoisotopic (exact) mass is 240 g/mol. The number of amides is 1. The Labute approximate surface area is 106 Å². The summed E-state index contributed by atoms with van der Waals surface area (Å²) < 4.78 is 0. The second-order valence-corrected chi connectivity index (χ2v) is 5.23. The summed E-state index contributed by atoms with van der Waals surface area (Å²) in [6.45, 7) is 4.28. The molecule has 1 aliphatic rings. The van der Waals surface area contributed by atoms with Gasteiger partial charge >= 0.3 is 0 Å². The molecule has 1 rings (SSSR count). The van der Waals surface area contributed by atoms with Gasteiger partial charge in [-0.25, -0.2) is 0 Å². The molecule has 3 heteroatoms. The zero-order valence-corrected chi connectivity index (χ0v) is 11.3. The molecule has 2 N–H and O–H groups in total. The standard InChI is InChI=1S/C14H28N2O/c1-2-10-16(11-9-15)14(17)12-13-7-5-3-4-6-8-13/h13H,2-12,15H2,1H3. The van der Waals surface area contributed by atoms with Gasteiger partial charge < -0.3 is 10.6 Å². The molecule has 1 saturated carbocycles. The van der Waals surface area contributed by atoms with E-state index in [1.54, 1.807) is 0 Å². The van der Waals surface area contributed by atoms with Crippen molar-refractivity contribution in [1.82, 2.24) is 4.90 Å². The van der Waals surface area contributed by atoms with Crippen LogP contribution in [0.2, 0.25) is 0 Å². The van der Waals surface area contributed by atoms with Crippen LogP contribution in [0.4, 0.5) is 0 Å². The number of hydrogen-bond donors (Lipinski definition) is 1. The highest BCUT2D eigenvalue weighted by molar-refractivity contribution is 5.76. The molecule has 0 bridgehead atoms. The molecule has 1 fully saturated rings. The number of nitrogens with two attached hydrogens (primary N) is 1. The Morgan fingerprint density at radius 2 is 1.82 bits per heavy atom. The van der Waals surface area contributed by atoms with Gasteiger partial charge in [-0.2, -0.15) is 0 Å². The van der Waals surface area contributed by atoms with Gasteiger partial charge in [0.2, 0.25) is 5.91 Å². The van der Waals surface area contributed by atoms with E-state index in [0.717, 1.165) is 25.9 Å². The van der Waals surface area contributed by atoms with Crippen LogP contribution in [-0.4, -0.2) is 30.4 Å². The van der Waals surface area contributed by atoms with E-state index in [4.69, 9.17) is 5.73 Å². The molecule has 0 radical (unpaired) electrons. The van der Waals surface area contributed by atoms with Crippen molar-refractivity contribution in [2.45, 2.75) is 58.3 Å². The molecule has 0 heterocycles. The summed E-state index contributed by atoms with van der Waals surface area (Å²) in [6, 6.07) is 0. The van der Waals surface area contributed by atoms with Crippen molar-refractivity contribution in [2.75, 3.05) is 19.6 Å².